The molecule has 0 bridgehead atoms. The number of imide groups is 1. The summed E-state index contributed by atoms with van der Waals surface area (Å²) in [6, 6.07) is 13.4. The van der Waals surface area contributed by atoms with Crippen LogP contribution in [0.1, 0.15) is 48.4 Å². The maximum absolute atomic E-state index is 13.7. The Morgan fingerprint density at radius 2 is 1.59 bits per heavy atom. The number of rotatable bonds is 13. The van der Waals surface area contributed by atoms with Gasteiger partial charge in [0.25, 0.3) is 11.5 Å². The zero-order valence-corrected chi connectivity index (χ0v) is 26.5. The van der Waals surface area contributed by atoms with Gasteiger partial charge in [-0.3, -0.25) is 9.69 Å². The van der Waals surface area contributed by atoms with Gasteiger partial charge < -0.3 is 29.4 Å². The van der Waals surface area contributed by atoms with E-state index in [1.54, 1.807) is 49.4 Å². The molecule has 0 radical (unpaired) electrons. The summed E-state index contributed by atoms with van der Waals surface area (Å²) < 4.78 is 104. The predicted molar refractivity (Wildman–Crippen MR) is 162 cm³/mol. The molecule has 1 atom stereocenters. The van der Waals surface area contributed by atoms with Crippen LogP contribution in [-0.4, -0.2) is 61.4 Å². The summed E-state index contributed by atoms with van der Waals surface area (Å²) in [7, 11) is 1.48. The highest BCUT2D eigenvalue weighted by Gasteiger charge is 2.71. The standard InChI is InChI=1S/C34H34F6N2O7/c1-3-31(23-10-15-27-28(19-23)49-20-48-27)29(43)42(30(44)41-31)16-4-5-17-47-26-14-11-24(32(45,33(35,36)37)34(38,39)40)18-22(26)9-6-21-7-12-25(46-2)13-8-21/h7-8,10-15,18-19,45H,3-6,9,16-17,20H2,1-2H3,(H,41,44). The Morgan fingerprint density at radius 3 is 2.24 bits per heavy atom. The van der Waals surface area contributed by atoms with Crippen LogP contribution in [0.15, 0.2) is 60.7 Å². The van der Waals surface area contributed by atoms with Crippen molar-refractivity contribution in [1.29, 1.82) is 0 Å². The van der Waals surface area contributed by atoms with E-state index in [2.05, 4.69) is 5.32 Å². The number of unbranched alkanes of at least 4 members (excludes halogenated alkanes) is 1. The number of aryl methyl sites for hydroxylation is 2. The second-order valence-corrected chi connectivity index (χ2v) is 11.6. The van der Waals surface area contributed by atoms with E-state index < -0.39 is 41.0 Å². The summed E-state index contributed by atoms with van der Waals surface area (Å²) in [5.41, 5.74) is -6.49. The molecule has 1 unspecified atom stereocenters. The third kappa shape index (κ3) is 6.80. The van der Waals surface area contributed by atoms with E-state index in [1.165, 1.54) is 7.11 Å². The normalized spacial score (nSPS) is 17.8. The van der Waals surface area contributed by atoms with Crippen LogP contribution in [0.25, 0.3) is 0 Å². The van der Waals surface area contributed by atoms with Crippen molar-refractivity contribution in [2.24, 2.45) is 0 Å². The summed E-state index contributed by atoms with van der Waals surface area (Å²) in [6.45, 7) is 1.82. The van der Waals surface area contributed by atoms with Crippen molar-refractivity contribution in [1.82, 2.24) is 10.2 Å². The van der Waals surface area contributed by atoms with Crippen molar-refractivity contribution >= 4 is 11.9 Å². The number of benzene rings is 3. The van der Waals surface area contributed by atoms with Gasteiger partial charge in [-0.15, -0.1) is 0 Å². The molecule has 2 aliphatic heterocycles. The van der Waals surface area contributed by atoms with Crippen molar-refractivity contribution < 1.29 is 60.0 Å². The Kier molecular flexibility index (Phi) is 9.96. The molecule has 2 N–H and O–H groups in total. The quantitative estimate of drug-likeness (QED) is 0.119. The van der Waals surface area contributed by atoms with Crippen LogP contribution >= 0.6 is 0 Å². The van der Waals surface area contributed by atoms with Gasteiger partial charge >= 0.3 is 18.4 Å². The molecule has 1 saturated heterocycles. The second kappa shape index (κ2) is 13.7. The number of hydrogen-bond acceptors (Lipinski definition) is 7. The predicted octanol–water partition coefficient (Wildman–Crippen LogP) is 6.54. The molecular weight excluding hydrogens is 662 g/mol. The number of nitrogens with one attached hydrogen (secondary N) is 1. The minimum atomic E-state index is -6.04. The smallest absolute Gasteiger partial charge is 0.430 e. The molecule has 2 aliphatic rings. The monoisotopic (exact) mass is 696 g/mol. The summed E-state index contributed by atoms with van der Waals surface area (Å²) >= 11 is 0. The summed E-state index contributed by atoms with van der Waals surface area (Å²) in [5, 5.41) is 12.8. The van der Waals surface area contributed by atoms with Crippen LogP contribution in [0.4, 0.5) is 31.1 Å². The Hall–Kier alpha value is -4.66. The number of fused-ring (bicyclic) bond motifs is 1. The molecule has 5 rings (SSSR count). The molecule has 1 fully saturated rings. The third-order valence-electron chi connectivity index (χ3n) is 8.75. The number of urea groups is 1. The maximum Gasteiger partial charge on any atom is 0.430 e. The van der Waals surface area contributed by atoms with E-state index in [9.17, 15) is 41.0 Å². The Labute approximate surface area is 277 Å². The molecule has 3 amide bonds. The van der Waals surface area contributed by atoms with Gasteiger partial charge in [-0.25, -0.2) is 4.79 Å². The topological polar surface area (TPSA) is 107 Å². The zero-order valence-electron chi connectivity index (χ0n) is 26.5. The van der Waals surface area contributed by atoms with E-state index in [1.807, 2.05) is 0 Å². The lowest BCUT2D eigenvalue weighted by Gasteiger charge is -2.33. The molecule has 15 heteroatoms. The van der Waals surface area contributed by atoms with Crippen LogP contribution in [0.3, 0.4) is 0 Å². The molecular formula is C34H34F6N2O7. The van der Waals surface area contributed by atoms with Crippen LogP contribution < -0.4 is 24.3 Å². The van der Waals surface area contributed by atoms with Gasteiger partial charge in [-0.05, 0) is 85.2 Å². The fourth-order valence-electron chi connectivity index (χ4n) is 5.88. The van der Waals surface area contributed by atoms with Crippen molar-refractivity contribution in [2.75, 3.05) is 27.1 Å². The molecule has 0 spiro atoms. The van der Waals surface area contributed by atoms with E-state index >= 15 is 0 Å². The van der Waals surface area contributed by atoms with Gasteiger partial charge in [0.15, 0.2) is 11.5 Å². The lowest BCUT2D eigenvalue weighted by Crippen LogP contribution is -2.53. The molecule has 49 heavy (non-hydrogen) atoms. The first-order chi connectivity index (χ1) is 23.1. The number of methoxy groups -OCH3 is 1. The van der Waals surface area contributed by atoms with Crippen molar-refractivity contribution in [3.05, 3.63) is 82.9 Å². The molecule has 264 valence electrons. The highest BCUT2D eigenvalue weighted by atomic mass is 19.4. The first-order valence-corrected chi connectivity index (χ1v) is 15.4. The Balaban J connectivity index is 1.27. The minimum absolute atomic E-state index is 0.0112. The van der Waals surface area contributed by atoms with E-state index in [0.717, 1.165) is 16.5 Å². The maximum atomic E-state index is 13.7. The number of halogens is 6. The Morgan fingerprint density at radius 1 is 0.898 bits per heavy atom. The minimum Gasteiger partial charge on any atom is -0.497 e. The van der Waals surface area contributed by atoms with Crippen molar-refractivity contribution in [2.45, 2.75) is 62.5 Å². The van der Waals surface area contributed by atoms with Gasteiger partial charge in [0.05, 0.1) is 13.7 Å². The van der Waals surface area contributed by atoms with Crippen LogP contribution in [0.5, 0.6) is 23.0 Å². The number of hydrogen-bond donors (Lipinski definition) is 2. The number of aliphatic hydroxyl groups is 1. The summed E-state index contributed by atoms with van der Waals surface area (Å²) in [5.74, 6) is 1.14. The lowest BCUT2D eigenvalue weighted by molar-refractivity contribution is -0.376. The van der Waals surface area contributed by atoms with Gasteiger partial charge in [-0.1, -0.05) is 31.2 Å². The van der Waals surface area contributed by atoms with Crippen LogP contribution in [0.2, 0.25) is 0 Å². The molecule has 9 nitrogen and oxygen atoms in total. The van der Waals surface area contributed by atoms with Crippen molar-refractivity contribution in [3.8, 4) is 23.0 Å². The summed E-state index contributed by atoms with van der Waals surface area (Å²) in [4.78, 5) is 27.5. The molecule has 3 aromatic carbocycles. The second-order valence-electron chi connectivity index (χ2n) is 11.6. The van der Waals surface area contributed by atoms with E-state index in [4.69, 9.17) is 18.9 Å². The molecule has 0 saturated carbocycles. The number of carbonyl (C=O) groups is 2. The Bertz CT molecular complexity index is 1660. The number of ether oxygens (including phenoxy) is 4. The molecule has 2 heterocycles. The highest BCUT2D eigenvalue weighted by molar-refractivity contribution is 6.07. The molecule has 0 aliphatic carbocycles. The summed E-state index contributed by atoms with van der Waals surface area (Å²) in [6.07, 6.45) is -11.0. The number of nitrogens with zero attached hydrogens (tertiary/aromatic N) is 1. The molecule has 0 aromatic heterocycles. The van der Waals surface area contributed by atoms with Gasteiger partial charge in [0, 0.05) is 12.1 Å². The first-order valence-electron chi connectivity index (χ1n) is 15.4. The largest absolute Gasteiger partial charge is 0.497 e. The number of amides is 3. The van der Waals surface area contributed by atoms with Gasteiger partial charge in [0.1, 0.15) is 17.0 Å². The van der Waals surface area contributed by atoms with Crippen LogP contribution in [-0.2, 0) is 28.8 Å². The van der Waals surface area contributed by atoms with E-state index in [0.29, 0.717) is 41.4 Å². The lowest BCUT2D eigenvalue weighted by atomic mass is 9.87. The molecule has 3 aromatic rings. The number of carbonyl (C=O) groups excluding carboxylic acids is 2. The fourth-order valence-corrected chi connectivity index (χ4v) is 5.88. The van der Waals surface area contributed by atoms with Gasteiger partial charge in [-0.2, -0.15) is 26.3 Å². The van der Waals surface area contributed by atoms with Crippen molar-refractivity contribution in [3.63, 3.8) is 0 Å². The fraction of sp³-hybridized carbons (Fsp3) is 0.412. The zero-order chi connectivity index (χ0) is 35.6. The van der Waals surface area contributed by atoms with E-state index in [-0.39, 0.29) is 56.9 Å². The average Bonchev–Trinajstić information content (AvgIpc) is 3.64. The number of alkyl halides is 6. The van der Waals surface area contributed by atoms with Crippen LogP contribution in [0, 0.1) is 0 Å². The van der Waals surface area contributed by atoms with Gasteiger partial charge in [0.2, 0.25) is 6.79 Å². The first kappa shape index (κ1) is 35.6. The third-order valence-corrected chi connectivity index (χ3v) is 8.75. The SMILES string of the molecule is CCC1(c2ccc3c(c2)OCO3)NC(=O)N(CCCCOc2ccc(C(O)(C(F)(F)F)C(F)(F)F)cc2CCc2ccc(OC)cc2)C1=O. The highest BCUT2D eigenvalue weighted by Crippen LogP contribution is 2.50. The average molecular weight is 697 g/mol.